The Hall–Kier alpha value is -3.54. The molecular weight excluding hydrogens is 476 g/mol. The molecule has 6 heteroatoms. The van der Waals surface area contributed by atoms with E-state index in [1.807, 2.05) is 80.6 Å². The van der Waals surface area contributed by atoms with Crippen molar-refractivity contribution in [3.05, 3.63) is 124 Å². The van der Waals surface area contributed by atoms with E-state index in [0.29, 0.717) is 16.3 Å². The molecule has 4 aromatic rings. The van der Waals surface area contributed by atoms with E-state index in [9.17, 15) is 9.59 Å². The lowest BCUT2D eigenvalue weighted by atomic mass is 10.1. The first kappa shape index (κ1) is 24.6. The summed E-state index contributed by atoms with van der Waals surface area (Å²) in [5.74, 6) is -0.325. The maximum atomic E-state index is 13.4. The zero-order valence-corrected chi connectivity index (χ0v) is 21.0. The van der Waals surface area contributed by atoms with Crippen LogP contribution in [0.2, 0.25) is 5.02 Å². The van der Waals surface area contributed by atoms with Gasteiger partial charge in [-0.1, -0.05) is 65.7 Å². The van der Waals surface area contributed by atoms with Crippen molar-refractivity contribution in [2.45, 2.75) is 24.0 Å². The van der Waals surface area contributed by atoms with E-state index < -0.39 is 5.25 Å². The lowest BCUT2D eigenvalue weighted by Crippen LogP contribution is -2.19. The first-order chi connectivity index (χ1) is 16.9. The largest absolute Gasteiger partial charge is 0.325 e. The van der Waals surface area contributed by atoms with Gasteiger partial charge in [-0.05, 0) is 73.5 Å². The Balaban J connectivity index is 1.50. The van der Waals surface area contributed by atoms with Crippen LogP contribution >= 0.6 is 23.4 Å². The molecule has 0 aliphatic rings. The molecule has 176 valence electrons. The molecule has 0 bridgehead atoms. The van der Waals surface area contributed by atoms with Gasteiger partial charge in [0.25, 0.3) is 5.91 Å². The highest BCUT2D eigenvalue weighted by Gasteiger charge is 2.22. The van der Waals surface area contributed by atoms with E-state index in [1.54, 1.807) is 24.3 Å². The Morgan fingerprint density at radius 3 is 2.23 bits per heavy atom. The second kappa shape index (κ2) is 11.3. The molecule has 0 aliphatic heterocycles. The van der Waals surface area contributed by atoms with Crippen molar-refractivity contribution in [3.8, 4) is 0 Å². The van der Waals surface area contributed by atoms with E-state index in [-0.39, 0.29) is 11.8 Å². The number of hydrogen-bond acceptors (Lipinski definition) is 3. The normalized spacial score (nSPS) is 11.5. The van der Waals surface area contributed by atoms with Crippen LogP contribution in [-0.2, 0) is 4.79 Å². The van der Waals surface area contributed by atoms with E-state index >= 15 is 0 Å². The van der Waals surface area contributed by atoms with Gasteiger partial charge in [0.1, 0.15) is 5.25 Å². The molecule has 2 amide bonds. The average Bonchev–Trinajstić information content (AvgIpc) is 2.85. The SMILES string of the molecule is Cc1ccc(NC(=O)C(Sc2ccc(NC(=O)c3cccc(Cl)c3)cc2)c2ccccc2)c(C)c1. The molecule has 0 aliphatic carbocycles. The van der Waals surface area contributed by atoms with Crippen LogP contribution in [0.5, 0.6) is 0 Å². The third-order valence-corrected chi connectivity index (χ3v) is 6.93. The maximum absolute atomic E-state index is 13.4. The number of benzene rings is 4. The van der Waals surface area contributed by atoms with Gasteiger partial charge in [-0.25, -0.2) is 0 Å². The number of aryl methyl sites for hydroxylation is 2. The Kier molecular flexibility index (Phi) is 7.91. The monoisotopic (exact) mass is 500 g/mol. The number of anilines is 2. The molecule has 0 aromatic heterocycles. The van der Waals surface area contributed by atoms with Gasteiger partial charge in [-0.15, -0.1) is 11.8 Å². The summed E-state index contributed by atoms with van der Waals surface area (Å²) in [5, 5.41) is 6.04. The van der Waals surface area contributed by atoms with Crippen LogP contribution < -0.4 is 10.6 Å². The molecule has 35 heavy (non-hydrogen) atoms. The summed E-state index contributed by atoms with van der Waals surface area (Å²) in [6.07, 6.45) is 0. The highest BCUT2D eigenvalue weighted by Crippen LogP contribution is 2.37. The number of hydrogen-bond donors (Lipinski definition) is 2. The Labute approximate surface area is 214 Å². The fourth-order valence-electron chi connectivity index (χ4n) is 3.64. The third kappa shape index (κ3) is 6.53. The average molecular weight is 501 g/mol. The van der Waals surface area contributed by atoms with Crippen LogP contribution in [0.1, 0.15) is 32.3 Å². The van der Waals surface area contributed by atoms with Crippen LogP contribution in [0.25, 0.3) is 0 Å². The summed E-state index contributed by atoms with van der Waals surface area (Å²) in [7, 11) is 0. The van der Waals surface area contributed by atoms with Crippen molar-refractivity contribution in [2.24, 2.45) is 0 Å². The van der Waals surface area contributed by atoms with Crippen LogP contribution in [0, 0.1) is 13.8 Å². The molecule has 0 heterocycles. The lowest BCUT2D eigenvalue weighted by molar-refractivity contribution is -0.115. The minimum absolute atomic E-state index is 0.0912. The summed E-state index contributed by atoms with van der Waals surface area (Å²) in [6.45, 7) is 4.02. The van der Waals surface area contributed by atoms with Gasteiger partial charge in [0.15, 0.2) is 0 Å². The molecule has 2 N–H and O–H groups in total. The summed E-state index contributed by atoms with van der Waals surface area (Å²) >= 11 is 7.45. The van der Waals surface area contributed by atoms with Gasteiger partial charge in [0.05, 0.1) is 0 Å². The van der Waals surface area contributed by atoms with Gasteiger partial charge in [0, 0.05) is 26.9 Å². The molecule has 4 aromatic carbocycles. The Bertz CT molecular complexity index is 1340. The quantitative estimate of drug-likeness (QED) is 0.256. The standard InChI is InChI=1S/C29H25ClN2O2S/c1-19-11-16-26(20(2)17-19)32-29(34)27(21-7-4-3-5-8-21)35-25-14-12-24(13-15-25)31-28(33)22-9-6-10-23(30)18-22/h3-18,27H,1-2H3,(H,31,33)(H,32,34). The third-order valence-electron chi connectivity index (χ3n) is 5.43. The maximum Gasteiger partial charge on any atom is 0.255 e. The number of nitrogens with one attached hydrogen (secondary N) is 2. The first-order valence-electron chi connectivity index (χ1n) is 11.2. The van der Waals surface area contributed by atoms with E-state index in [0.717, 1.165) is 27.3 Å². The molecule has 0 saturated heterocycles. The fraction of sp³-hybridized carbons (Fsp3) is 0.103. The molecule has 1 atom stereocenters. The summed E-state index contributed by atoms with van der Waals surface area (Å²) in [4.78, 5) is 26.8. The van der Waals surface area contributed by atoms with Gasteiger partial charge in [0.2, 0.25) is 5.91 Å². The number of carbonyl (C=O) groups is 2. The van der Waals surface area contributed by atoms with Gasteiger partial charge < -0.3 is 10.6 Å². The molecule has 1 unspecified atom stereocenters. The van der Waals surface area contributed by atoms with E-state index in [2.05, 4.69) is 16.7 Å². The second-order valence-electron chi connectivity index (χ2n) is 8.21. The Morgan fingerprint density at radius 2 is 1.54 bits per heavy atom. The van der Waals surface area contributed by atoms with Crippen LogP contribution in [0.3, 0.4) is 0 Å². The number of halogens is 1. The van der Waals surface area contributed by atoms with Gasteiger partial charge >= 0.3 is 0 Å². The highest BCUT2D eigenvalue weighted by molar-refractivity contribution is 8.00. The predicted octanol–water partition coefficient (Wildman–Crippen LogP) is 7.68. The Morgan fingerprint density at radius 1 is 0.800 bits per heavy atom. The molecule has 4 nitrogen and oxygen atoms in total. The number of amides is 2. The topological polar surface area (TPSA) is 58.2 Å². The van der Waals surface area contributed by atoms with Gasteiger partial charge in [-0.3, -0.25) is 9.59 Å². The zero-order chi connectivity index (χ0) is 24.8. The van der Waals surface area contributed by atoms with Crippen molar-refractivity contribution in [3.63, 3.8) is 0 Å². The number of rotatable bonds is 7. The van der Waals surface area contributed by atoms with Crippen LogP contribution in [-0.4, -0.2) is 11.8 Å². The number of carbonyl (C=O) groups excluding carboxylic acids is 2. The molecule has 4 rings (SSSR count). The molecule has 0 radical (unpaired) electrons. The predicted molar refractivity (Wildman–Crippen MR) is 145 cm³/mol. The summed E-state index contributed by atoms with van der Waals surface area (Å²) in [6, 6.07) is 30.0. The molecule has 0 fully saturated rings. The lowest BCUT2D eigenvalue weighted by Gasteiger charge is -2.18. The minimum atomic E-state index is -0.441. The van der Waals surface area contributed by atoms with Crippen molar-refractivity contribution in [1.29, 1.82) is 0 Å². The molecule has 0 spiro atoms. The van der Waals surface area contributed by atoms with E-state index in [4.69, 9.17) is 11.6 Å². The van der Waals surface area contributed by atoms with E-state index in [1.165, 1.54) is 11.8 Å². The fourth-order valence-corrected chi connectivity index (χ4v) is 4.85. The van der Waals surface area contributed by atoms with Crippen molar-refractivity contribution in [2.75, 3.05) is 10.6 Å². The van der Waals surface area contributed by atoms with Crippen molar-refractivity contribution < 1.29 is 9.59 Å². The molecule has 0 saturated carbocycles. The van der Waals surface area contributed by atoms with Gasteiger partial charge in [-0.2, -0.15) is 0 Å². The first-order valence-corrected chi connectivity index (χ1v) is 12.4. The van der Waals surface area contributed by atoms with Crippen LogP contribution in [0.15, 0.2) is 102 Å². The zero-order valence-electron chi connectivity index (χ0n) is 19.4. The number of thioether (sulfide) groups is 1. The highest BCUT2D eigenvalue weighted by atomic mass is 35.5. The summed E-state index contributed by atoms with van der Waals surface area (Å²) < 4.78 is 0. The van der Waals surface area contributed by atoms with Crippen molar-refractivity contribution in [1.82, 2.24) is 0 Å². The molecular formula is C29H25ClN2O2S. The van der Waals surface area contributed by atoms with Crippen molar-refractivity contribution >= 4 is 46.6 Å². The van der Waals surface area contributed by atoms with Crippen LogP contribution in [0.4, 0.5) is 11.4 Å². The minimum Gasteiger partial charge on any atom is -0.325 e. The second-order valence-corrected chi connectivity index (χ2v) is 9.82. The summed E-state index contributed by atoms with van der Waals surface area (Å²) in [5.41, 5.74) is 5.05. The smallest absolute Gasteiger partial charge is 0.255 e.